The Morgan fingerprint density at radius 2 is 2.00 bits per heavy atom. The quantitative estimate of drug-likeness (QED) is 0.674. The van der Waals surface area contributed by atoms with Crippen molar-refractivity contribution in [2.45, 2.75) is 18.8 Å². The van der Waals surface area contributed by atoms with Gasteiger partial charge in [-0.25, -0.2) is 4.39 Å². The van der Waals surface area contributed by atoms with Gasteiger partial charge < -0.3 is 5.32 Å². The van der Waals surface area contributed by atoms with Crippen LogP contribution in [0.25, 0.3) is 11.1 Å². The lowest BCUT2D eigenvalue weighted by molar-refractivity contribution is -0.385. The van der Waals surface area contributed by atoms with E-state index in [4.69, 9.17) is 0 Å². The van der Waals surface area contributed by atoms with Crippen LogP contribution in [0.15, 0.2) is 42.5 Å². The van der Waals surface area contributed by atoms with Gasteiger partial charge in [0.1, 0.15) is 5.82 Å². The molecular formula is C19H18FN3O2. The molecule has 1 aliphatic rings. The number of nitro benzene ring substituents is 1. The molecule has 25 heavy (non-hydrogen) atoms. The van der Waals surface area contributed by atoms with E-state index in [-0.39, 0.29) is 17.5 Å². The number of piperidine rings is 1. The van der Waals surface area contributed by atoms with E-state index < -0.39 is 10.7 Å². The molecule has 1 unspecified atom stereocenters. The van der Waals surface area contributed by atoms with Crippen LogP contribution in [0.2, 0.25) is 0 Å². The minimum Gasteiger partial charge on any atom is -0.317 e. The first kappa shape index (κ1) is 17.1. The number of nitro groups is 1. The second kappa shape index (κ2) is 7.41. The minimum atomic E-state index is -0.637. The first-order chi connectivity index (χ1) is 12.1. The number of benzene rings is 2. The SMILES string of the molecule is N#CC(c1cccc(-c2ccc([N+](=O)[O-])cc2F)c1)C1CCNCC1. The van der Waals surface area contributed by atoms with Crippen LogP contribution < -0.4 is 5.32 Å². The number of hydrogen-bond acceptors (Lipinski definition) is 4. The number of rotatable bonds is 4. The van der Waals surface area contributed by atoms with Gasteiger partial charge in [0.2, 0.25) is 0 Å². The van der Waals surface area contributed by atoms with Crippen molar-refractivity contribution in [3.8, 4) is 17.2 Å². The maximum absolute atomic E-state index is 14.3. The number of nitriles is 1. The number of non-ortho nitro benzene ring substituents is 1. The highest BCUT2D eigenvalue weighted by Gasteiger charge is 2.25. The molecule has 2 aromatic carbocycles. The lowest BCUT2D eigenvalue weighted by Crippen LogP contribution is -2.30. The zero-order valence-corrected chi connectivity index (χ0v) is 13.6. The number of nitrogens with zero attached hydrogens (tertiary/aromatic N) is 2. The van der Waals surface area contributed by atoms with E-state index in [0.717, 1.165) is 37.6 Å². The zero-order chi connectivity index (χ0) is 17.8. The highest BCUT2D eigenvalue weighted by molar-refractivity contribution is 5.66. The van der Waals surface area contributed by atoms with Crippen LogP contribution in [-0.2, 0) is 0 Å². The Labute approximate surface area is 145 Å². The molecule has 1 aliphatic heterocycles. The first-order valence-electron chi connectivity index (χ1n) is 8.25. The van der Waals surface area contributed by atoms with Crippen LogP contribution >= 0.6 is 0 Å². The molecule has 1 N–H and O–H groups in total. The Morgan fingerprint density at radius 3 is 2.64 bits per heavy atom. The highest BCUT2D eigenvalue weighted by atomic mass is 19.1. The van der Waals surface area contributed by atoms with E-state index in [1.807, 2.05) is 12.1 Å². The van der Waals surface area contributed by atoms with Crippen LogP contribution in [0, 0.1) is 33.2 Å². The second-order valence-electron chi connectivity index (χ2n) is 6.24. The van der Waals surface area contributed by atoms with E-state index in [9.17, 15) is 19.8 Å². The summed E-state index contributed by atoms with van der Waals surface area (Å²) in [4.78, 5) is 10.1. The number of halogens is 1. The summed E-state index contributed by atoms with van der Waals surface area (Å²) in [6, 6.07) is 13.3. The molecule has 0 radical (unpaired) electrons. The summed E-state index contributed by atoms with van der Waals surface area (Å²) in [5.41, 5.74) is 1.51. The van der Waals surface area contributed by atoms with Crippen molar-refractivity contribution >= 4 is 5.69 Å². The molecule has 2 aromatic rings. The monoisotopic (exact) mass is 339 g/mol. The summed E-state index contributed by atoms with van der Waals surface area (Å²) >= 11 is 0. The molecule has 6 heteroatoms. The summed E-state index contributed by atoms with van der Waals surface area (Å²) < 4.78 is 14.3. The molecule has 1 atom stereocenters. The van der Waals surface area contributed by atoms with Crippen molar-refractivity contribution in [1.29, 1.82) is 5.26 Å². The van der Waals surface area contributed by atoms with Gasteiger partial charge in [-0.1, -0.05) is 18.2 Å². The molecule has 0 amide bonds. The Bertz CT molecular complexity index is 826. The molecule has 1 heterocycles. The normalized spacial score (nSPS) is 16.2. The molecule has 128 valence electrons. The molecular weight excluding hydrogens is 321 g/mol. The summed E-state index contributed by atoms with van der Waals surface area (Å²) in [6.45, 7) is 1.80. The fraction of sp³-hybridized carbons (Fsp3) is 0.316. The number of nitrogens with one attached hydrogen (secondary N) is 1. The molecule has 0 aromatic heterocycles. The molecule has 0 bridgehead atoms. The van der Waals surface area contributed by atoms with Crippen LogP contribution in [0.1, 0.15) is 24.3 Å². The Hall–Kier alpha value is -2.78. The van der Waals surface area contributed by atoms with Crippen molar-refractivity contribution in [1.82, 2.24) is 5.32 Å². The summed E-state index contributed by atoms with van der Waals surface area (Å²) in [5, 5.41) is 23.7. The van der Waals surface area contributed by atoms with Crippen molar-refractivity contribution in [2.24, 2.45) is 5.92 Å². The van der Waals surface area contributed by atoms with Gasteiger partial charge in [0.05, 0.1) is 23.0 Å². The van der Waals surface area contributed by atoms with E-state index in [0.29, 0.717) is 11.1 Å². The molecule has 0 aliphatic carbocycles. The predicted molar refractivity (Wildman–Crippen MR) is 92.4 cm³/mol. The Morgan fingerprint density at radius 1 is 1.24 bits per heavy atom. The molecule has 3 rings (SSSR count). The van der Waals surface area contributed by atoms with E-state index in [1.165, 1.54) is 12.1 Å². The lowest BCUT2D eigenvalue weighted by Gasteiger charge is -2.27. The van der Waals surface area contributed by atoms with Gasteiger partial charge in [0.15, 0.2) is 0 Å². The smallest absolute Gasteiger partial charge is 0.272 e. The van der Waals surface area contributed by atoms with Gasteiger partial charge >= 0.3 is 0 Å². The van der Waals surface area contributed by atoms with Gasteiger partial charge in [-0.2, -0.15) is 5.26 Å². The van der Waals surface area contributed by atoms with Crippen molar-refractivity contribution in [2.75, 3.05) is 13.1 Å². The first-order valence-corrected chi connectivity index (χ1v) is 8.25. The average Bonchev–Trinajstić information content (AvgIpc) is 2.63. The van der Waals surface area contributed by atoms with Gasteiger partial charge in [-0.05, 0) is 55.1 Å². The third kappa shape index (κ3) is 3.67. The number of hydrogen-bond donors (Lipinski definition) is 1. The summed E-state index contributed by atoms with van der Waals surface area (Å²) in [7, 11) is 0. The van der Waals surface area contributed by atoms with Gasteiger partial charge in [0.25, 0.3) is 5.69 Å². The van der Waals surface area contributed by atoms with Crippen LogP contribution in [-0.4, -0.2) is 18.0 Å². The molecule has 1 saturated heterocycles. The van der Waals surface area contributed by atoms with E-state index in [2.05, 4.69) is 11.4 Å². The average molecular weight is 339 g/mol. The predicted octanol–water partition coefficient (Wildman–Crippen LogP) is 4.01. The summed E-state index contributed by atoms with van der Waals surface area (Å²) in [5.74, 6) is -0.590. The Kier molecular flexibility index (Phi) is 5.05. The standard InChI is InChI=1S/C19H18FN3O2/c20-19-11-16(23(24)25)4-5-17(19)14-2-1-3-15(10-14)18(12-21)13-6-8-22-9-7-13/h1-5,10-11,13,18,22H,6-9H2. The van der Waals surface area contributed by atoms with Crippen molar-refractivity contribution < 1.29 is 9.31 Å². The van der Waals surface area contributed by atoms with Crippen LogP contribution in [0.4, 0.5) is 10.1 Å². The molecule has 0 saturated carbocycles. The highest BCUT2D eigenvalue weighted by Crippen LogP contribution is 2.33. The topological polar surface area (TPSA) is 79.0 Å². The maximum Gasteiger partial charge on any atom is 0.272 e. The molecule has 5 nitrogen and oxygen atoms in total. The molecule has 1 fully saturated rings. The maximum atomic E-state index is 14.3. The fourth-order valence-corrected chi connectivity index (χ4v) is 3.38. The van der Waals surface area contributed by atoms with Crippen LogP contribution in [0.3, 0.4) is 0 Å². The minimum absolute atomic E-state index is 0.233. The van der Waals surface area contributed by atoms with E-state index in [1.54, 1.807) is 12.1 Å². The van der Waals surface area contributed by atoms with Crippen molar-refractivity contribution in [3.05, 3.63) is 64.0 Å². The lowest BCUT2D eigenvalue weighted by atomic mass is 9.80. The fourth-order valence-electron chi connectivity index (χ4n) is 3.38. The second-order valence-corrected chi connectivity index (χ2v) is 6.24. The molecule has 0 spiro atoms. The zero-order valence-electron chi connectivity index (χ0n) is 13.6. The summed E-state index contributed by atoms with van der Waals surface area (Å²) in [6.07, 6.45) is 1.88. The third-order valence-electron chi connectivity index (χ3n) is 4.71. The largest absolute Gasteiger partial charge is 0.317 e. The van der Waals surface area contributed by atoms with E-state index >= 15 is 0 Å². The van der Waals surface area contributed by atoms with Gasteiger partial charge in [0, 0.05) is 11.6 Å². The van der Waals surface area contributed by atoms with Gasteiger partial charge in [-0.15, -0.1) is 0 Å². The third-order valence-corrected chi connectivity index (χ3v) is 4.71. The van der Waals surface area contributed by atoms with Crippen molar-refractivity contribution in [3.63, 3.8) is 0 Å². The van der Waals surface area contributed by atoms with Gasteiger partial charge in [-0.3, -0.25) is 10.1 Å². The van der Waals surface area contributed by atoms with Crippen LogP contribution in [0.5, 0.6) is 0 Å². The Balaban J connectivity index is 1.93.